The molecule has 2 fully saturated rings. The molecule has 150 valence electrons. The number of anilines is 1. The minimum absolute atomic E-state index is 0.283. The number of halogens is 1. The van der Waals surface area contributed by atoms with E-state index in [4.69, 9.17) is 4.74 Å². The van der Waals surface area contributed by atoms with Crippen molar-refractivity contribution < 1.29 is 23.5 Å². The second-order valence-electron chi connectivity index (χ2n) is 7.72. The molecule has 2 aliphatic rings. The number of amides is 2. The monoisotopic (exact) mass is 396 g/mol. The zero-order chi connectivity index (χ0) is 20.9. The average molecular weight is 396 g/mol. The number of hydrogen-bond acceptors (Lipinski definition) is 5. The van der Waals surface area contributed by atoms with Crippen LogP contribution in [-0.2, 0) is 19.1 Å². The predicted octanol–water partition coefficient (Wildman–Crippen LogP) is 2.52. The van der Waals surface area contributed by atoms with Gasteiger partial charge in [-0.2, -0.15) is 0 Å². The SMILES string of the molecule is COC(=O)[C@]1(C)N[C@H](c2ccc(C)cc2)[C@H]2C(=O)N(c3ccc(F)cc3)C(=O)[C@H]21. The highest BCUT2D eigenvalue weighted by Gasteiger charge is 2.67. The number of imide groups is 1. The largest absolute Gasteiger partial charge is 0.468 e. The molecule has 4 atom stereocenters. The number of carbonyl (C=O) groups excluding carboxylic acids is 3. The van der Waals surface area contributed by atoms with E-state index < -0.39 is 47.0 Å². The number of benzene rings is 2. The number of rotatable bonds is 3. The number of aryl methyl sites for hydroxylation is 1. The lowest BCUT2D eigenvalue weighted by molar-refractivity contribution is -0.151. The summed E-state index contributed by atoms with van der Waals surface area (Å²) in [5.41, 5.74) is 0.781. The topological polar surface area (TPSA) is 75.7 Å². The maximum Gasteiger partial charge on any atom is 0.326 e. The summed E-state index contributed by atoms with van der Waals surface area (Å²) in [6.07, 6.45) is 0. The summed E-state index contributed by atoms with van der Waals surface area (Å²) < 4.78 is 18.3. The third-order valence-corrected chi connectivity index (χ3v) is 5.92. The van der Waals surface area contributed by atoms with E-state index in [0.29, 0.717) is 0 Å². The molecule has 0 aliphatic carbocycles. The van der Waals surface area contributed by atoms with E-state index in [-0.39, 0.29) is 5.69 Å². The smallest absolute Gasteiger partial charge is 0.326 e. The zero-order valence-corrected chi connectivity index (χ0v) is 16.3. The van der Waals surface area contributed by atoms with E-state index in [9.17, 15) is 18.8 Å². The van der Waals surface area contributed by atoms with Crippen LogP contribution in [-0.4, -0.2) is 30.4 Å². The van der Waals surface area contributed by atoms with Gasteiger partial charge >= 0.3 is 5.97 Å². The zero-order valence-electron chi connectivity index (χ0n) is 16.3. The quantitative estimate of drug-likeness (QED) is 0.637. The lowest BCUT2D eigenvalue weighted by Gasteiger charge is -2.28. The molecule has 2 heterocycles. The van der Waals surface area contributed by atoms with Crippen LogP contribution in [0.25, 0.3) is 0 Å². The molecule has 0 radical (unpaired) electrons. The first-order valence-electron chi connectivity index (χ1n) is 9.34. The van der Waals surface area contributed by atoms with Crippen LogP contribution < -0.4 is 10.2 Å². The molecule has 2 aromatic carbocycles. The number of fused-ring (bicyclic) bond motifs is 1. The first kappa shape index (κ1) is 19.3. The molecule has 6 nitrogen and oxygen atoms in total. The Bertz CT molecular complexity index is 989. The molecule has 0 spiro atoms. The Balaban J connectivity index is 1.81. The van der Waals surface area contributed by atoms with Crippen LogP contribution >= 0.6 is 0 Å². The van der Waals surface area contributed by atoms with Crippen molar-refractivity contribution in [1.82, 2.24) is 5.32 Å². The van der Waals surface area contributed by atoms with E-state index in [1.807, 2.05) is 31.2 Å². The van der Waals surface area contributed by atoms with Crippen molar-refractivity contribution in [3.63, 3.8) is 0 Å². The molecule has 0 aromatic heterocycles. The van der Waals surface area contributed by atoms with Crippen molar-refractivity contribution in [1.29, 1.82) is 0 Å². The molecule has 2 aromatic rings. The van der Waals surface area contributed by atoms with Crippen LogP contribution in [0.4, 0.5) is 10.1 Å². The van der Waals surface area contributed by atoms with Gasteiger partial charge in [0.1, 0.15) is 11.4 Å². The fraction of sp³-hybridized carbons (Fsp3) is 0.318. The van der Waals surface area contributed by atoms with E-state index >= 15 is 0 Å². The summed E-state index contributed by atoms with van der Waals surface area (Å²) in [7, 11) is 1.25. The average Bonchev–Trinajstić information content (AvgIpc) is 3.17. The Kier molecular flexibility index (Phi) is 4.50. The van der Waals surface area contributed by atoms with E-state index in [2.05, 4.69) is 5.32 Å². The Morgan fingerprint density at radius 1 is 1.07 bits per heavy atom. The van der Waals surface area contributed by atoms with Gasteiger partial charge in [-0.05, 0) is 43.7 Å². The van der Waals surface area contributed by atoms with E-state index in [1.165, 1.54) is 31.4 Å². The third-order valence-electron chi connectivity index (χ3n) is 5.92. The summed E-state index contributed by atoms with van der Waals surface area (Å²) in [6, 6.07) is 12.2. The molecule has 2 aliphatic heterocycles. The van der Waals surface area contributed by atoms with Crippen LogP contribution in [0.5, 0.6) is 0 Å². The summed E-state index contributed by atoms with van der Waals surface area (Å²) in [5, 5.41) is 3.19. The molecular weight excluding hydrogens is 375 g/mol. The van der Waals surface area contributed by atoms with Crippen LogP contribution in [0.15, 0.2) is 48.5 Å². The van der Waals surface area contributed by atoms with Gasteiger partial charge in [-0.15, -0.1) is 0 Å². The van der Waals surface area contributed by atoms with Gasteiger partial charge in [0, 0.05) is 6.04 Å². The summed E-state index contributed by atoms with van der Waals surface area (Å²) >= 11 is 0. The van der Waals surface area contributed by atoms with Gasteiger partial charge in [0.05, 0.1) is 24.6 Å². The molecule has 0 bridgehead atoms. The number of esters is 1. The van der Waals surface area contributed by atoms with Crippen molar-refractivity contribution in [3.8, 4) is 0 Å². The molecule has 29 heavy (non-hydrogen) atoms. The van der Waals surface area contributed by atoms with Gasteiger partial charge in [-0.3, -0.25) is 19.7 Å². The lowest BCUT2D eigenvalue weighted by atomic mass is 9.80. The highest BCUT2D eigenvalue weighted by Crippen LogP contribution is 2.49. The Morgan fingerprint density at radius 3 is 2.28 bits per heavy atom. The van der Waals surface area contributed by atoms with Gasteiger partial charge in [0.2, 0.25) is 11.8 Å². The first-order chi connectivity index (χ1) is 13.8. The Morgan fingerprint density at radius 2 is 1.69 bits per heavy atom. The molecule has 0 unspecified atom stereocenters. The van der Waals surface area contributed by atoms with E-state index in [0.717, 1.165) is 16.0 Å². The van der Waals surface area contributed by atoms with Gasteiger partial charge in [0.15, 0.2) is 0 Å². The molecule has 4 rings (SSSR count). The number of hydrogen-bond donors (Lipinski definition) is 1. The number of carbonyl (C=O) groups is 3. The lowest BCUT2D eigenvalue weighted by Crippen LogP contribution is -2.54. The van der Waals surface area contributed by atoms with Crippen molar-refractivity contribution >= 4 is 23.5 Å². The highest BCUT2D eigenvalue weighted by atomic mass is 19.1. The van der Waals surface area contributed by atoms with Crippen molar-refractivity contribution in [2.75, 3.05) is 12.0 Å². The standard InChI is InChI=1S/C22H21FN2O4/c1-12-4-6-13(7-5-12)18-16-17(22(2,24-18)21(28)29-3)20(27)25(19(16)26)15-10-8-14(23)9-11-15/h4-11,16-18,24H,1-3H3/t16-,17-,18+,22+/m0/s1. The molecular formula is C22H21FN2O4. The predicted molar refractivity (Wildman–Crippen MR) is 103 cm³/mol. The van der Waals surface area contributed by atoms with Crippen LogP contribution in [0.3, 0.4) is 0 Å². The van der Waals surface area contributed by atoms with E-state index in [1.54, 1.807) is 6.92 Å². The molecule has 1 N–H and O–H groups in total. The minimum atomic E-state index is -1.36. The highest BCUT2D eigenvalue weighted by molar-refractivity contribution is 6.24. The Labute approximate surface area is 167 Å². The van der Waals surface area contributed by atoms with Gasteiger partial charge in [-0.25, -0.2) is 9.29 Å². The second-order valence-corrected chi connectivity index (χ2v) is 7.72. The third kappa shape index (κ3) is 2.84. The summed E-state index contributed by atoms with van der Waals surface area (Å²) in [4.78, 5) is 40.4. The fourth-order valence-electron chi connectivity index (χ4n) is 4.44. The van der Waals surface area contributed by atoms with Crippen molar-refractivity contribution in [2.45, 2.75) is 25.4 Å². The maximum absolute atomic E-state index is 13.4. The Hall–Kier alpha value is -3.06. The number of nitrogens with zero attached hydrogens (tertiary/aromatic N) is 1. The van der Waals surface area contributed by atoms with Crippen LogP contribution in [0, 0.1) is 24.6 Å². The summed E-state index contributed by atoms with van der Waals surface area (Å²) in [6.45, 7) is 3.54. The van der Waals surface area contributed by atoms with Gasteiger partial charge in [-0.1, -0.05) is 29.8 Å². The summed E-state index contributed by atoms with van der Waals surface area (Å²) in [5.74, 6) is -3.70. The van der Waals surface area contributed by atoms with Crippen LogP contribution in [0.2, 0.25) is 0 Å². The molecule has 0 saturated carbocycles. The maximum atomic E-state index is 13.4. The number of nitrogens with one attached hydrogen (secondary N) is 1. The second kappa shape index (κ2) is 6.77. The normalized spacial score (nSPS) is 28.6. The fourth-order valence-corrected chi connectivity index (χ4v) is 4.44. The van der Waals surface area contributed by atoms with Crippen LogP contribution in [0.1, 0.15) is 24.1 Å². The van der Waals surface area contributed by atoms with Gasteiger partial charge < -0.3 is 4.74 Å². The van der Waals surface area contributed by atoms with Crippen molar-refractivity contribution in [3.05, 3.63) is 65.5 Å². The minimum Gasteiger partial charge on any atom is -0.468 e. The number of ether oxygens (including phenoxy) is 1. The number of methoxy groups -OCH3 is 1. The first-order valence-corrected chi connectivity index (χ1v) is 9.34. The molecule has 2 saturated heterocycles. The molecule has 2 amide bonds. The molecule has 7 heteroatoms. The van der Waals surface area contributed by atoms with Gasteiger partial charge in [0.25, 0.3) is 0 Å². The van der Waals surface area contributed by atoms with Crippen molar-refractivity contribution in [2.24, 2.45) is 11.8 Å².